The average molecular weight is 268 g/mol. The molecule has 0 aromatic heterocycles. The highest BCUT2D eigenvalue weighted by molar-refractivity contribution is 5.69. The van der Waals surface area contributed by atoms with E-state index in [4.69, 9.17) is 9.47 Å². The van der Waals surface area contributed by atoms with Crippen molar-refractivity contribution in [2.75, 3.05) is 0 Å². The van der Waals surface area contributed by atoms with Crippen LogP contribution in [-0.4, -0.2) is 35.5 Å². The van der Waals surface area contributed by atoms with Gasteiger partial charge in [0.25, 0.3) is 0 Å². The molecule has 1 N–H and O–H groups in total. The van der Waals surface area contributed by atoms with Crippen LogP contribution in [-0.2, 0) is 14.3 Å². The quantitative estimate of drug-likeness (QED) is 0.333. The fraction of sp³-hybridized carbons (Fsp3) is 0.800. The normalized spacial score (nSPS) is 32.8. The lowest BCUT2D eigenvalue weighted by molar-refractivity contribution is -0.147. The van der Waals surface area contributed by atoms with Crippen molar-refractivity contribution in [1.29, 1.82) is 0 Å². The first-order valence-corrected chi connectivity index (χ1v) is 7.26. The van der Waals surface area contributed by atoms with E-state index in [1.54, 1.807) is 0 Å². The van der Waals surface area contributed by atoms with Crippen LogP contribution in [0.2, 0.25) is 0 Å². The van der Waals surface area contributed by atoms with Gasteiger partial charge in [0.05, 0.1) is 24.4 Å². The van der Waals surface area contributed by atoms with Crippen molar-refractivity contribution in [1.82, 2.24) is 0 Å². The van der Waals surface area contributed by atoms with Crippen LogP contribution >= 0.6 is 0 Å². The number of aliphatic hydroxyl groups excluding tert-OH is 1. The number of hydrogen-bond donors (Lipinski definition) is 1. The molecular formula is C15H24O4. The van der Waals surface area contributed by atoms with Crippen LogP contribution in [0.25, 0.3) is 0 Å². The van der Waals surface area contributed by atoms with E-state index in [1.165, 1.54) is 0 Å². The molecule has 19 heavy (non-hydrogen) atoms. The topological polar surface area (TPSA) is 59.1 Å². The summed E-state index contributed by atoms with van der Waals surface area (Å²) in [6.07, 6.45) is 8.41. The van der Waals surface area contributed by atoms with Gasteiger partial charge in [-0.3, -0.25) is 4.79 Å². The third-order valence-corrected chi connectivity index (χ3v) is 3.71. The molecule has 4 atom stereocenters. The monoisotopic (exact) mass is 268 g/mol. The molecule has 0 aromatic carbocycles. The van der Waals surface area contributed by atoms with Gasteiger partial charge in [0.2, 0.25) is 0 Å². The second-order valence-corrected chi connectivity index (χ2v) is 5.74. The fourth-order valence-electron chi connectivity index (χ4n) is 2.70. The minimum absolute atomic E-state index is 0.0293. The van der Waals surface area contributed by atoms with E-state index < -0.39 is 0 Å². The van der Waals surface area contributed by atoms with Crippen LogP contribution in [0.5, 0.6) is 0 Å². The first kappa shape index (κ1) is 14.5. The van der Waals surface area contributed by atoms with Gasteiger partial charge in [0, 0.05) is 18.8 Å². The molecule has 1 aliphatic carbocycles. The summed E-state index contributed by atoms with van der Waals surface area (Å²) in [5.41, 5.74) is 0. The molecule has 0 bridgehead atoms. The number of carbonyl (C=O) groups excluding carboxylic acids is 1. The Labute approximate surface area is 114 Å². The molecule has 0 amide bonds. The summed E-state index contributed by atoms with van der Waals surface area (Å²) in [4.78, 5) is 11.3. The Bertz CT molecular complexity index is 335. The summed E-state index contributed by atoms with van der Waals surface area (Å²) in [7, 11) is 0. The SMILES string of the molecule is CC(C)OC(=O)CCCC=CCC1C(O)C[C@@H]2O[C@H]12. The lowest BCUT2D eigenvalue weighted by Crippen LogP contribution is -2.19. The van der Waals surface area contributed by atoms with Gasteiger partial charge in [-0.2, -0.15) is 0 Å². The van der Waals surface area contributed by atoms with Gasteiger partial charge in [-0.1, -0.05) is 12.2 Å². The highest BCUT2D eigenvalue weighted by Crippen LogP contribution is 2.44. The van der Waals surface area contributed by atoms with Crippen LogP contribution in [0.15, 0.2) is 12.2 Å². The molecule has 1 saturated heterocycles. The molecule has 2 fully saturated rings. The Morgan fingerprint density at radius 2 is 2.26 bits per heavy atom. The predicted molar refractivity (Wildman–Crippen MR) is 71.6 cm³/mol. The Morgan fingerprint density at radius 3 is 2.89 bits per heavy atom. The van der Waals surface area contributed by atoms with E-state index in [0.29, 0.717) is 18.6 Å². The van der Waals surface area contributed by atoms with Crippen molar-refractivity contribution in [3.05, 3.63) is 12.2 Å². The lowest BCUT2D eigenvalue weighted by Gasteiger charge is -2.13. The van der Waals surface area contributed by atoms with Gasteiger partial charge in [-0.25, -0.2) is 0 Å². The third kappa shape index (κ3) is 4.32. The molecular weight excluding hydrogens is 244 g/mol. The Morgan fingerprint density at radius 1 is 1.47 bits per heavy atom. The van der Waals surface area contributed by atoms with E-state index in [1.807, 2.05) is 13.8 Å². The van der Waals surface area contributed by atoms with Crippen molar-refractivity contribution in [2.45, 2.75) is 70.4 Å². The summed E-state index contributed by atoms with van der Waals surface area (Å²) in [5, 5.41) is 9.77. The summed E-state index contributed by atoms with van der Waals surface area (Å²) >= 11 is 0. The second kappa shape index (κ2) is 6.53. The molecule has 0 spiro atoms. The van der Waals surface area contributed by atoms with E-state index in [9.17, 15) is 9.90 Å². The van der Waals surface area contributed by atoms with Crippen molar-refractivity contribution >= 4 is 5.97 Å². The summed E-state index contributed by atoms with van der Waals surface area (Å²) < 4.78 is 10.5. The maximum Gasteiger partial charge on any atom is 0.306 e. The molecule has 2 rings (SSSR count). The van der Waals surface area contributed by atoms with Crippen LogP contribution in [0.1, 0.15) is 46.0 Å². The third-order valence-electron chi connectivity index (χ3n) is 3.71. The minimum Gasteiger partial charge on any atom is -0.463 e. The maximum absolute atomic E-state index is 11.3. The number of aliphatic hydroxyl groups is 1. The van der Waals surface area contributed by atoms with Crippen LogP contribution in [0.3, 0.4) is 0 Å². The molecule has 108 valence electrons. The Balaban J connectivity index is 1.53. The first-order valence-electron chi connectivity index (χ1n) is 7.26. The van der Waals surface area contributed by atoms with Crippen LogP contribution in [0.4, 0.5) is 0 Å². The fourth-order valence-corrected chi connectivity index (χ4v) is 2.70. The van der Waals surface area contributed by atoms with Crippen molar-refractivity contribution in [3.8, 4) is 0 Å². The maximum atomic E-state index is 11.3. The summed E-state index contributed by atoms with van der Waals surface area (Å²) in [5.74, 6) is 0.149. The highest BCUT2D eigenvalue weighted by Gasteiger charge is 2.54. The summed E-state index contributed by atoms with van der Waals surface area (Å²) in [6.45, 7) is 3.72. The van der Waals surface area contributed by atoms with Gasteiger partial charge in [0.15, 0.2) is 0 Å². The number of esters is 1. The zero-order chi connectivity index (χ0) is 13.8. The average Bonchev–Trinajstić information content (AvgIpc) is 2.99. The number of unbranched alkanes of at least 4 members (excludes halogenated alkanes) is 1. The molecule has 1 aliphatic heterocycles. The molecule has 4 heteroatoms. The lowest BCUT2D eigenvalue weighted by atomic mass is 10.00. The van der Waals surface area contributed by atoms with Gasteiger partial charge in [-0.05, 0) is 33.1 Å². The number of hydrogen-bond acceptors (Lipinski definition) is 4. The number of carbonyl (C=O) groups is 1. The molecule has 0 aromatic rings. The number of epoxide rings is 1. The zero-order valence-electron chi connectivity index (χ0n) is 11.7. The van der Waals surface area contributed by atoms with E-state index >= 15 is 0 Å². The smallest absolute Gasteiger partial charge is 0.306 e. The van der Waals surface area contributed by atoms with Gasteiger partial charge < -0.3 is 14.6 Å². The number of rotatable bonds is 7. The van der Waals surface area contributed by atoms with Crippen molar-refractivity contribution < 1.29 is 19.4 Å². The number of fused-ring (bicyclic) bond motifs is 1. The van der Waals surface area contributed by atoms with Gasteiger partial charge in [-0.15, -0.1) is 0 Å². The summed E-state index contributed by atoms with van der Waals surface area (Å²) in [6, 6.07) is 0. The Kier molecular flexibility index (Phi) is 4.99. The van der Waals surface area contributed by atoms with E-state index in [2.05, 4.69) is 12.2 Å². The van der Waals surface area contributed by atoms with Crippen LogP contribution < -0.4 is 0 Å². The van der Waals surface area contributed by atoms with Crippen molar-refractivity contribution in [2.24, 2.45) is 5.92 Å². The first-order chi connectivity index (χ1) is 9.08. The molecule has 2 aliphatic rings. The largest absolute Gasteiger partial charge is 0.463 e. The molecule has 0 radical (unpaired) electrons. The molecule has 2 unspecified atom stereocenters. The highest BCUT2D eigenvalue weighted by atomic mass is 16.6. The van der Waals surface area contributed by atoms with E-state index in [-0.39, 0.29) is 24.1 Å². The minimum atomic E-state index is -0.200. The van der Waals surface area contributed by atoms with Gasteiger partial charge in [0.1, 0.15) is 0 Å². The molecule has 4 nitrogen and oxygen atoms in total. The standard InChI is InChI=1S/C15H24O4/c1-10(2)18-14(17)8-6-4-3-5-7-11-12(16)9-13-15(11)19-13/h3,5,10-13,15-16H,4,6-9H2,1-2H3/t11?,12?,13-,15+/m0/s1. The zero-order valence-corrected chi connectivity index (χ0v) is 11.7. The van der Waals surface area contributed by atoms with Crippen LogP contribution in [0, 0.1) is 5.92 Å². The Hall–Kier alpha value is -0.870. The number of ether oxygens (including phenoxy) is 2. The van der Waals surface area contributed by atoms with E-state index in [0.717, 1.165) is 25.7 Å². The second-order valence-electron chi connectivity index (χ2n) is 5.74. The van der Waals surface area contributed by atoms with Crippen molar-refractivity contribution in [3.63, 3.8) is 0 Å². The van der Waals surface area contributed by atoms with Gasteiger partial charge >= 0.3 is 5.97 Å². The number of allylic oxidation sites excluding steroid dienone is 2. The predicted octanol–water partition coefficient (Wildman–Crippen LogP) is 2.20. The molecule has 1 heterocycles. The molecule has 1 saturated carbocycles.